The Bertz CT molecular complexity index is 766. The van der Waals surface area contributed by atoms with E-state index < -0.39 is 0 Å². The first-order valence-electron chi connectivity index (χ1n) is 8.26. The van der Waals surface area contributed by atoms with Crippen molar-refractivity contribution >= 4 is 48.0 Å². The van der Waals surface area contributed by atoms with Crippen LogP contribution in [-0.2, 0) is 6.54 Å². The van der Waals surface area contributed by atoms with E-state index in [1.807, 2.05) is 35.2 Å². The molecule has 5 nitrogen and oxygen atoms in total. The van der Waals surface area contributed by atoms with Crippen LogP contribution < -0.4 is 10.5 Å². The van der Waals surface area contributed by atoms with Gasteiger partial charge in [0.05, 0.1) is 7.11 Å². The summed E-state index contributed by atoms with van der Waals surface area (Å²) in [7, 11) is 1.66. The van der Waals surface area contributed by atoms with Gasteiger partial charge in [-0.3, -0.25) is 9.69 Å². The summed E-state index contributed by atoms with van der Waals surface area (Å²) in [6.45, 7) is 3.75. The molecule has 2 N–H and O–H groups in total. The van der Waals surface area contributed by atoms with E-state index in [9.17, 15) is 4.79 Å². The molecule has 2 aromatic rings. The minimum Gasteiger partial charge on any atom is -0.496 e. The van der Waals surface area contributed by atoms with Gasteiger partial charge in [0.2, 0.25) is 0 Å². The van der Waals surface area contributed by atoms with E-state index >= 15 is 0 Å². The molecule has 1 fully saturated rings. The van der Waals surface area contributed by atoms with E-state index in [1.54, 1.807) is 19.2 Å². The predicted octanol–water partition coefficient (Wildman–Crippen LogP) is 3.73. The Morgan fingerprint density at radius 3 is 2.44 bits per heavy atom. The summed E-state index contributed by atoms with van der Waals surface area (Å²) in [6, 6.07) is 12.8. The normalized spacial score (nSPS) is 14.1. The molecule has 0 atom stereocenters. The van der Waals surface area contributed by atoms with Crippen LogP contribution in [0.5, 0.6) is 5.75 Å². The molecule has 0 saturated carbocycles. The van der Waals surface area contributed by atoms with Crippen LogP contribution in [-0.4, -0.2) is 49.0 Å². The van der Waals surface area contributed by atoms with Gasteiger partial charge in [-0.15, -0.1) is 24.8 Å². The van der Waals surface area contributed by atoms with E-state index in [1.165, 1.54) is 0 Å². The van der Waals surface area contributed by atoms with Gasteiger partial charge >= 0.3 is 0 Å². The zero-order valence-corrected chi connectivity index (χ0v) is 17.4. The summed E-state index contributed by atoms with van der Waals surface area (Å²) >= 11 is 6.10. The van der Waals surface area contributed by atoms with Gasteiger partial charge in [-0.25, -0.2) is 0 Å². The lowest BCUT2D eigenvalue weighted by Crippen LogP contribution is -2.48. The monoisotopic (exact) mass is 431 g/mol. The average Bonchev–Trinajstić information content (AvgIpc) is 2.62. The fourth-order valence-electron chi connectivity index (χ4n) is 3.07. The molecule has 3 rings (SSSR count). The number of nitrogen functional groups attached to an aromatic ring is 1. The number of carbonyl (C=O) groups excluding carboxylic acids is 1. The van der Waals surface area contributed by atoms with Gasteiger partial charge in [-0.05, 0) is 36.4 Å². The van der Waals surface area contributed by atoms with Crippen molar-refractivity contribution in [2.75, 3.05) is 39.0 Å². The molecule has 1 saturated heterocycles. The van der Waals surface area contributed by atoms with Crippen molar-refractivity contribution in [1.29, 1.82) is 0 Å². The number of hydrogen-bond acceptors (Lipinski definition) is 4. The van der Waals surface area contributed by atoms with Gasteiger partial charge in [0.1, 0.15) is 5.75 Å². The number of ether oxygens (including phenoxy) is 1. The highest BCUT2D eigenvalue weighted by Gasteiger charge is 2.23. The number of halogens is 3. The summed E-state index contributed by atoms with van der Waals surface area (Å²) in [5.41, 5.74) is 8.08. The molecule has 1 aliphatic heterocycles. The van der Waals surface area contributed by atoms with E-state index in [-0.39, 0.29) is 30.7 Å². The van der Waals surface area contributed by atoms with E-state index in [2.05, 4.69) is 4.90 Å². The minimum absolute atomic E-state index is 0. The maximum absolute atomic E-state index is 12.6. The number of rotatable bonds is 4. The number of hydrogen-bond donors (Lipinski definition) is 1. The molecule has 2 aromatic carbocycles. The van der Waals surface area contributed by atoms with Gasteiger partial charge < -0.3 is 15.4 Å². The van der Waals surface area contributed by atoms with E-state index in [0.717, 1.165) is 30.9 Å². The van der Waals surface area contributed by atoms with Gasteiger partial charge in [0.15, 0.2) is 0 Å². The Morgan fingerprint density at radius 2 is 1.81 bits per heavy atom. The standard InChI is InChI=1S/C19H22ClN3O2.2ClH/c1-25-18-6-5-16(20)11-15(18)13-22-7-9-23(10-8-22)19(24)14-3-2-4-17(21)12-14;;/h2-6,11-12H,7-10,13,21H2,1H3;2*1H. The SMILES string of the molecule is COc1ccc(Cl)cc1CN1CCN(C(=O)c2cccc(N)c2)CC1.Cl.Cl. The number of anilines is 1. The first kappa shape index (κ1) is 23.4. The summed E-state index contributed by atoms with van der Waals surface area (Å²) in [6.07, 6.45) is 0. The number of methoxy groups -OCH3 is 1. The molecule has 8 heteroatoms. The Balaban J connectivity index is 0.00000182. The third-order valence-corrected chi connectivity index (χ3v) is 4.66. The first-order chi connectivity index (χ1) is 12.1. The lowest BCUT2D eigenvalue weighted by atomic mass is 10.1. The zero-order valence-electron chi connectivity index (χ0n) is 15.1. The molecule has 1 amide bonds. The predicted molar refractivity (Wildman–Crippen MR) is 115 cm³/mol. The Hall–Kier alpha value is -1.66. The Morgan fingerprint density at radius 1 is 1.11 bits per heavy atom. The summed E-state index contributed by atoms with van der Waals surface area (Å²) < 4.78 is 5.41. The van der Waals surface area contributed by atoms with Crippen molar-refractivity contribution in [2.45, 2.75) is 6.54 Å². The molecule has 0 spiro atoms. The molecule has 0 bridgehead atoms. The second-order valence-electron chi connectivity index (χ2n) is 6.15. The van der Waals surface area contributed by atoms with Crippen molar-refractivity contribution in [3.63, 3.8) is 0 Å². The first-order valence-corrected chi connectivity index (χ1v) is 8.64. The molecule has 0 unspecified atom stereocenters. The number of carbonyl (C=O) groups is 1. The maximum atomic E-state index is 12.6. The number of benzene rings is 2. The van der Waals surface area contributed by atoms with Gasteiger partial charge in [0, 0.05) is 54.6 Å². The van der Waals surface area contributed by atoms with Crippen LogP contribution in [0.4, 0.5) is 5.69 Å². The molecule has 148 valence electrons. The molecule has 0 aliphatic carbocycles. The molecular formula is C19H24Cl3N3O2. The summed E-state index contributed by atoms with van der Waals surface area (Å²) in [5, 5.41) is 0.700. The topological polar surface area (TPSA) is 58.8 Å². The van der Waals surface area contributed by atoms with E-state index in [4.69, 9.17) is 22.1 Å². The minimum atomic E-state index is 0. The maximum Gasteiger partial charge on any atom is 0.254 e. The highest BCUT2D eigenvalue weighted by atomic mass is 35.5. The average molecular weight is 433 g/mol. The molecule has 1 aliphatic rings. The number of piperazine rings is 1. The van der Waals surface area contributed by atoms with Crippen LogP contribution in [0, 0.1) is 0 Å². The largest absolute Gasteiger partial charge is 0.496 e. The molecule has 1 heterocycles. The summed E-state index contributed by atoms with van der Waals surface area (Å²) in [5.74, 6) is 0.870. The van der Waals surface area contributed by atoms with Gasteiger partial charge in [-0.2, -0.15) is 0 Å². The lowest BCUT2D eigenvalue weighted by Gasteiger charge is -2.35. The van der Waals surface area contributed by atoms with Crippen LogP contribution in [0.2, 0.25) is 5.02 Å². The van der Waals surface area contributed by atoms with Crippen LogP contribution >= 0.6 is 36.4 Å². The van der Waals surface area contributed by atoms with Crippen molar-refractivity contribution in [3.05, 3.63) is 58.6 Å². The third-order valence-electron chi connectivity index (χ3n) is 4.43. The van der Waals surface area contributed by atoms with Crippen LogP contribution in [0.15, 0.2) is 42.5 Å². The Kier molecular flexibility index (Phi) is 9.19. The number of amides is 1. The molecular weight excluding hydrogens is 409 g/mol. The van der Waals surface area contributed by atoms with E-state index in [0.29, 0.717) is 29.4 Å². The molecule has 0 radical (unpaired) electrons. The van der Waals surface area contributed by atoms with Gasteiger partial charge in [-0.1, -0.05) is 17.7 Å². The lowest BCUT2D eigenvalue weighted by molar-refractivity contribution is 0.0627. The third kappa shape index (κ3) is 5.91. The molecule has 27 heavy (non-hydrogen) atoms. The zero-order chi connectivity index (χ0) is 17.8. The van der Waals surface area contributed by atoms with Crippen LogP contribution in [0.3, 0.4) is 0 Å². The fourth-order valence-corrected chi connectivity index (χ4v) is 3.27. The summed E-state index contributed by atoms with van der Waals surface area (Å²) in [4.78, 5) is 16.8. The fraction of sp³-hybridized carbons (Fsp3) is 0.316. The second kappa shape index (κ2) is 10.6. The molecule has 0 aromatic heterocycles. The van der Waals surface area contributed by atoms with Gasteiger partial charge in [0.25, 0.3) is 5.91 Å². The van der Waals surface area contributed by atoms with Crippen molar-refractivity contribution in [3.8, 4) is 5.75 Å². The van der Waals surface area contributed by atoms with Crippen LogP contribution in [0.25, 0.3) is 0 Å². The van der Waals surface area contributed by atoms with Crippen molar-refractivity contribution < 1.29 is 9.53 Å². The van der Waals surface area contributed by atoms with Crippen molar-refractivity contribution in [1.82, 2.24) is 9.80 Å². The smallest absolute Gasteiger partial charge is 0.254 e. The van der Waals surface area contributed by atoms with Crippen molar-refractivity contribution in [2.24, 2.45) is 0 Å². The van der Waals surface area contributed by atoms with Crippen LogP contribution in [0.1, 0.15) is 15.9 Å². The highest BCUT2D eigenvalue weighted by Crippen LogP contribution is 2.24. The quantitative estimate of drug-likeness (QED) is 0.748. The number of nitrogens with two attached hydrogens (primary N) is 1. The highest BCUT2D eigenvalue weighted by molar-refractivity contribution is 6.30. The number of nitrogens with zero attached hydrogens (tertiary/aromatic N) is 2. The second-order valence-corrected chi connectivity index (χ2v) is 6.59. The Labute approximate surface area is 177 Å².